The number of ether oxygens (including phenoxy) is 1. The van der Waals surface area contributed by atoms with Crippen LogP contribution in [0.5, 0.6) is 0 Å². The summed E-state index contributed by atoms with van der Waals surface area (Å²) in [6, 6.07) is 0.791. The lowest BCUT2D eigenvalue weighted by atomic mass is 9.80. The quantitative estimate of drug-likeness (QED) is 0.811. The summed E-state index contributed by atoms with van der Waals surface area (Å²) in [6.07, 6.45) is 8.14. The fourth-order valence-electron chi connectivity index (χ4n) is 4.08. The minimum absolute atomic E-state index is 0.337. The lowest BCUT2D eigenvalue weighted by molar-refractivity contribution is -0.0314. The van der Waals surface area contributed by atoms with Gasteiger partial charge in [-0.3, -0.25) is 0 Å². The van der Waals surface area contributed by atoms with Crippen LogP contribution >= 0.6 is 0 Å². The smallest absolute Gasteiger partial charge is 0.0546 e. The summed E-state index contributed by atoms with van der Waals surface area (Å²) < 4.78 is 5.83. The molecule has 0 radical (unpaired) electrons. The highest BCUT2D eigenvalue weighted by molar-refractivity contribution is 4.89. The van der Waals surface area contributed by atoms with Crippen LogP contribution in [0.25, 0.3) is 0 Å². The van der Waals surface area contributed by atoms with Crippen molar-refractivity contribution in [3.8, 4) is 0 Å². The van der Waals surface area contributed by atoms with Gasteiger partial charge in [0.15, 0.2) is 0 Å². The Kier molecular flexibility index (Phi) is 6.31. The maximum absolute atomic E-state index is 5.83. The Hall–Kier alpha value is -0.120. The summed E-state index contributed by atoms with van der Waals surface area (Å²) in [5.41, 5.74) is 0.337. The Labute approximate surface area is 125 Å². The van der Waals surface area contributed by atoms with Gasteiger partial charge in [0.1, 0.15) is 0 Å². The van der Waals surface area contributed by atoms with Crippen LogP contribution in [0, 0.1) is 11.3 Å². The van der Waals surface area contributed by atoms with E-state index in [0.29, 0.717) is 5.41 Å². The van der Waals surface area contributed by atoms with Crippen LogP contribution < -0.4 is 5.32 Å². The Balaban J connectivity index is 1.91. The molecule has 3 unspecified atom stereocenters. The number of hydrogen-bond donors (Lipinski definition) is 1. The zero-order valence-electron chi connectivity index (χ0n) is 13.8. The molecule has 20 heavy (non-hydrogen) atoms. The van der Waals surface area contributed by atoms with Crippen LogP contribution in [0.3, 0.4) is 0 Å². The third kappa shape index (κ3) is 4.44. The van der Waals surface area contributed by atoms with E-state index in [1.807, 2.05) is 0 Å². The first-order chi connectivity index (χ1) is 9.65. The van der Waals surface area contributed by atoms with Gasteiger partial charge in [-0.1, -0.05) is 26.7 Å². The van der Waals surface area contributed by atoms with Gasteiger partial charge < -0.3 is 15.0 Å². The van der Waals surface area contributed by atoms with Gasteiger partial charge in [-0.2, -0.15) is 0 Å². The number of nitrogens with zero attached hydrogens (tertiary/aromatic N) is 1. The van der Waals surface area contributed by atoms with Crippen molar-refractivity contribution in [2.75, 3.05) is 39.9 Å². The van der Waals surface area contributed by atoms with Crippen molar-refractivity contribution >= 4 is 0 Å². The Morgan fingerprint density at radius 2 is 2.15 bits per heavy atom. The van der Waals surface area contributed by atoms with Crippen LogP contribution in [0.4, 0.5) is 0 Å². The summed E-state index contributed by atoms with van der Waals surface area (Å²) in [7, 11) is 2.34. The molecule has 1 saturated heterocycles. The molecule has 3 nitrogen and oxygen atoms in total. The predicted molar refractivity (Wildman–Crippen MR) is 85.1 cm³/mol. The number of hydrogen-bond acceptors (Lipinski definition) is 3. The van der Waals surface area contributed by atoms with Gasteiger partial charge in [0.05, 0.1) is 6.61 Å². The molecule has 2 rings (SSSR count). The maximum Gasteiger partial charge on any atom is 0.0546 e. The monoisotopic (exact) mass is 282 g/mol. The lowest BCUT2D eigenvalue weighted by Crippen LogP contribution is -2.50. The van der Waals surface area contributed by atoms with E-state index in [1.54, 1.807) is 0 Å². The van der Waals surface area contributed by atoms with Gasteiger partial charge in [-0.25, -0.2) is 0 Å². The lowest BCUT2D eigenvalue weighted by Gasteiger charge is -2.43. The van der Waals surface area contributed by atoms with Gasteiger partial charge in [0.2, 0.25) is 0 Å². The minimum Gasteiger partial charge on any atom is -0.381 e. The normalized spacial score (nSPS) is 35.4. The van der Waals surface area contributed by atoms with Gasteiger partial charge >= 0.3 is 0 Å². The summed E-state index contributed by atoms with van der Waals surface area (Å²) >= 11 is 0. The van der Waals surface area contributed by atoms with Gasteiger partial charge in [-0.15, -0.1) is 0 Å². The summed E-state index contributed by atoms with van der Waals surface area (Å²) in [6.45, 7) is 9.87. The predicted octanol–water partition coefficient (Wildman–Crippen LogP) is 2.90. The number of rotatable bonds is 6. The molecular weight excluding hydrogens is 248 g/mol. The highest BCUT2D eigenvalue weighted by atomic mass is 16.5. The molecule has 0 aromatic heterocycles. The molecule has 1 heterocycles. The zero-order valence-corrected chi connectivity index (χ0v) is 13.8. The fraction of sp³-hybridized carbons (Fsp3) is 1.00. The second-order valence-electron chi connectivity index (χ2n) is 7.28. The van der Waals surface area contributed by atoms with Gasteiger partial charge in [0, 0.05) is 31.2 Å². The third-order valence-corrected chi connectivity index (χ3v) is 5.27. The second-order valence-corrected chi connectivity index (χ2v) is 7.28. The van der Waals surface area contributed by atoms with E-state index in [0.717, 1.165) is 38.3 Å². The molecule has 1 saturated carbocycles. The number of nitrogens with one attached hydrogen (secondary N) is 1. The standard InChI is InChI=1S/C17H34N2O/c1-4-18-12-17(9-6-10-20-14-17)13-19(3)16-8-5-7-15(2)11-16/h15-16,18H,4-14H2,1-3H3. The molecule has 1 N–H and O–H groups in total. The Morgan fingerprint density at radius 3 is 2.80 bits per heavy atom. The first-order valence-electron chi connectivity index (χ1n) is 8.64. The first kappa shape index (κ1) is 16.3. The average molecular weight is 282 g/mol. The second kappa shape index (κ2) is 7.77. The minimum atomic E-state index is 0.337. The van der Waals surface area contributed by atoms with E-state index < -0.39 is 0 Å². The molecule has 1 aliphatic carbocycles. The highest BCUT2D eigenvalue weighted by Gasteiger charge is 2.35. The van der Waals surface area contributed by atoms with Crippen molar-refractivity contribution in [3.63, 3.8) is 0 Å². The zero-order chi connectivity index (χ0) is 14.4. The highest BCUT2D eigenvalue weighted by Crippen LogP contribution is 2.32. The topological polar surface area (TPSA) is 24.5 Å². The van der Waals surface area contributed by atoms with Gasteiger partial charge in [0.25, 0.3) is 0 Å². The molecule has 2 aliphatic rings. The van der Waals surface area contributed by atoms with Crippen LogP contribution in [0.15, 0.2) is 0 Å². The summed E-state index contributed by atoms with van der Waals surface area (Å²) in [5, 5.41) is 3.57. The molecular formula is C17H34N2O. The summed E-state index contributed by atoms with van der Waals surface area (Å²) in [5.74, 6) is 0.906. The van der Waals surface area contributed by atoms with Crippen LogP contribution in [0.2, 0.25) is 0 Å². The Bertz CT molecular complexity index is 276. The third-order valence-electron chi connectivity index (χ3n) is 5.27. The molecule has 0 amide bonds. The van der Waals surface area contributed by atoms with Crippen molar-refractivity contribution in [3.05, 3.63) is 0 Å². The van der Waals surface area contributed by atoms with Crippen molar-refractivity contribution in [1.29, 1.82) is 0 Å². The average Bonchev–Trinajstić information content (AvgIpc) is 2.46. The molecule has 1 aliphatic heterocycles. The van der Waals surface area contributed by atoms with Crippen molar-refractivity contribution in [2.45, 2.75) is 58.4 Å². The van der Waals surface area contributed by atoms with Crippen molar-refractivity contribution < 1.29 is 4.74 Å². The van der Waals surface area contributed by atoms with Crippen LogP contribution in [-0.2, 0) is 4.74 Å². The van der Waals surface area contributed by atoms with Crippen molar-refractivity contribution in [2.24, 2.45) is 11.3 Å². The largest absolute Gasteiger partial charge is 0.381 e. The van der Waals surface area contributed by atoms with E-state index in [-0.39, 0.29) is 0 Å². The van der Waals surface area contributed by atoms with Crippen LogP contribution in [0.1, 0.15) is 52.4 Å². The van der Waals surface area contributed by atoms with Crippen molar-refractivity contribution in [1.82, 2.24) is 10.2 Å². The molecule has 3 atom stereocenters. The molecule has 2 fully saturated rings. The molecule has 0 bridgehead atoms. The molecule has 0 aromatic carbocycles. The molecule has 0 aromatic rings. The fourth-order valence-corrected chi connectivity index (χ4v) is 4.08. The van der Waals surface area contributed by atoms with Crippen LogP contribution in [-0.4, -0.2) is 50.8 Å². The SMILES string of the molecule is CCNCC1(CN(C)C2CCCC(C)C2)CCCOC1. The maximum atomic E-state index is 5.83. The van der Waals surface area contributed by atoms with E-state index in [2.05, 4.69) is 31.1 Å². The van der Waals surface area contributed by atoms with E-state index in [9.17, 15) is 0 Å². The van der Waals surface area contributed by atoms with E-state index in [1.165, 1.54) is 45.1 Å². The van der Waals surface area contributed by atoms with E-state index >= 15 is 0 Å². The molecule has 118 valence electrons. The first-order valence-corrected chi connectivity index (χ1v) is 8.64. The molecule has 0 spiro atoms. The van der Waals surface area contributed by atoms with Gasteiger partial charge in [-0.05, 0) is 45.2 Å². The summed E-state index contributed by atoms with van der Waals surface area (Å²) in [4.78, 5) is 2.64. The van der Waals surface area contributed by atoms with E-state index in [4.69, 9.17) is 4.74 Å². The molecule has 3 heteroatoms. The Morgan fingerprint density at radius 1 is 1.30 bits per heavy atom.